The lowest BCUT2D eigenvalue weighted by atomic mass is 10.0. The maximum Gasteiger partial charge on any atom is 0.0789 e. The van der Waals surface area contributed by atoms with Crippen LogP contribution in [0.1, 0.15) is 0 Å². The normalized spacial score (nSPS) is 11.0. The van der Waals surface area contributed by atoms with E-state index in [9.17, 15) is 0 Å². The first kappa shape index (κ1) is 11.2. The van der Waals surface area contributed by atoms with Gasteiger partial charge in [-0.05, 0) is 29.0 Å². The highest BCUT2D eigenvalue weighted by Gasteiger charge is 2.02. The first-order valence-corrected chi connectivity index (χ1v) is 6.67. The fraction of sp³-hybridized carbons (Fsp3) is 0. The molecular weight excluding hydrogens is 242 g/mol. The van der Waals surface area contributed by atoms with Gasteiger partial charge in [-0.15, -0.1) is 0 Å². The quantitative estimate of drug-likeness (QED) is 0.473. The second-order valence-corrected chi connectivity index (χ2v) is 4.87. The van der Waals surface area contributed by atoms with Crippen molar-refractivity contribution >= 4 is 21.7 Å². The number of fused-ring (bicyclic) bond motifs is 2. The highest BCUT2D eigenvalue weighted by atomic mass is 14.7. The van der Waals surface area contributed by atoms with Gasteiger partial charge in [-0.25, -0.2) is 4.98 Å². The van der Waals surface area contributed by atoms with Crippen molar-refractivity contribution in [3.8, 4) is 11.3 Å². The Morgan fingerprint density at radius 1 is 0.700 bits per heavy atom. The molecule has 3 aromatic carbocycles. The van der Waals surface area contributed by atoms with Gasteiger partial charge in [0.2, 0.25) is 0 Å². The Kier molecular flexibility index (Phi) is 2.49. The topological polar surface area (TPSA) is 12.9 Å². The summed E-state index contributed by atoms with van der Waals surface area (Å²) < 4.78 is 0. The van der Waals surface area contributed by atoms with E-state index >= 15 is 0 Å². The molecule has 1 radical (unpaired) electrons. The molecule has 1 aromatic heterocycles. The van der Waals surface area contributed by atoms with Gasteiger partial charge in [0.15, 0.2) is 0 Å². The first-order chi connectivity index (χ1) is 9.90. The van der Waals surface area contributed by atoms with Crippen LogP contribution in [0.15, 0.2) is 72.8 Å². The number of benzene rings is 3. The van der Waals surface area contributed by atoms with Crippen molar-refractivity contribution in [2.75, 3.05) is 0 Å². The van der Waals surface area contributed by atoms with Gasteiger partial charge in [-0.1, -0.05) is 54.6 Å². The number of hydrogen-bond acceptors (Lipinski definition) is 1. The molecule has 0 spiro atoms. The summed E-state index contributed by atoms with van der Waals surface area (Å²) in [4.78, 5) is 4.70. The summed E-state index contributed by atoms with van der Waals surface area (Å²) >= 11 is 0. The molecule has 20 heavy (non-hydrogen) atoms. The Balaban J connectivity index is 1.91. The fourth-order valence-electron chi connectivity index (χ4n) is 2.49. The highest BCUT2D eigenvalue weighted by molar-refractivity contribution is 5.88. The molecule has 1 nitrogen and oxygen atoms in total. The summed E-state index contributed by atoms with van der Waals surface area (Å²) in [7, 11) is 0. The molecule has 93 valence electrons. The predicted octanol–water partition coefficient (Wildman–Crippen LogP) is 4.86. The van der Waals surface area contributed by atoms with Crippen LogP contribution < -0.4 is 0 Å². The van der Waals surface area contributed by atoms with E-state index in [0.29, 0.717) is 0 Å². The molecule has 0 saturated heterocycles. The molecule has 0 N–H and O–H groups in total. The van der Waals surface area contributed by atoms with Gasteiger partial charge >= 0.3 is 0 Å². The third-order valence-electron chi connectivity index (χ3n) is 3.56. The average Bonchev–Trinajstić information content (AvgIpc) is 2.54. The van der Waals surface area contributed by atoms with Gasteiger partial charge < -0.3 is 0 Å². The van der Waals surface area contributed by atoms with E-state index in [1.807, 2.05) is 24.3 Å². The highest BCUT2D eigenvalue weighted by Crippen LogP contribution is 2.24. The number of hydrogen-bond donors (Lipinski definition) is 0. The van der Waals surface area contributed by atoms with Gasteiger partial charge in [-0.2, -0.15) is 0 Å². The van der Waals surface area contributed by atoms with Crippen LogP contribution in [0.2, 0.25) is 0 Å². The van der Waals surface area contributed by atoms with Crippen molar-refractivity contribution in [1.82, 2.24) is 4.98 Å². The maximum absolute atomic E-state index is 4.70. The maximum atomic E-state index is 4.70. The van der Waals surface area contributed by atoms with E-state index in [-0.39, 0.29) is 0 Å². The lowest BCUT2D eigenvalue weighted by molar-refractivity contribution is 1.40. The van der Waals surface area contributed by atoms with Crippen molar-refractivity contribution in [2.24, 2.45) is 0 Å². The number of aromatic nitrogens is 1. The molecule has 1 heterocycles. The number of para-hydroxylation sites is 1. The minimum Gasteiger partial charge on any atom is -0.247 e. The molecule has 0 saturated carbocycles. The molecule has 0 aliphatic heterocycles. The SMILES string of the molecule is [c]1cc2ccccc2nc1-c1ccc2ccccc2c1. The zero-order valence-electron chi connectivity index (χ0n) is 10.9. The molecule has 0 atom stereocenters. The minimum atomic E-state index is 0.898. The Bertz CT molecular complexity index is 832. The molecule has 1 heteroatoms. The monoisotopic (exact) mass is 254 g/mol. The predicted molar refractivity (Wildman–Crippen MR) is 83.5 cm³/mol. The van der Waals surface area contributed by atoms with Crippen molar-refractivity contribution < 1.29 is 0 Å². The van der Waals surface area contributed by atoms with Crippen LogP contribution in [0.3, 0.4) is 0 Å². The van der Waals surface area contributed by atoms with E-state index < -0.39 is 0 Å². The number of nitrogens with zero attached hydrogens (tertiary/aromatic N) is 1. The Hall–Kier alpha value is -2.67. The summed E-state index contributed by atoms with van der Waals surface area (Å²) in [6.07, 6.45) is 0. The molecular formula is C19H12N. The number of rotatable bonds is 1. The smallest absolute Gasteiger partial charge is 0.0789 e. The first-order valence-electron chi connectivity index (χ1n) is 6.67. The second kappa shape index (κ2) is 4.46. The van der Waals surface area contributed by atoms with E-state index in [0.717, 1.165) is 22.2 Å². The summed E-state index contributed by atoms with van der Waals surface area (Å²) in [6, 6.07) is 28.2. The molecule has 4 aromatic rings. The van der Waals surface area contributed by atoms with Crippen molar-refractivity contribution in [1.29, 1.82) is 0 Å². The lowest BCUT2D eigenvalue weighted by Gasteiger charge is -2.04. The van der Waals surface area contributed by atoms with E-state index in [1.165, 1.54) is 10.8 Å². The van der Waals surface area contributed by atoms with Gasteiger partial charge in [0.05, 0.1) is 11.2 Å². The summed E-state index contributed by atoms with van der Waals surface area (Å²) in [5.74, 6) is 0. The van der Waals surface area contributed by atoms with Crippen LogP contribution in [0.5, 0.6) is 0 Å². The van der Waals surface area contributed by atoms with Crippen LogP contribution in [0.25, 0.3) is 32.9 Å². The third kappa shape index (κ3) is 1.84. The van der Waals surface area contributed by atoms with Crippen LogP contribution >= 0.6 is 0 Å². The van der Waals surface area contributed by atoms with Gasteiger partial charge in [0, 0.05) is 17.0 Å². The van der Waals surface area contributed by atoms with Gasteiger partial charge in [0.1, 0.15) is 0 Å². The van der Waals surface area contributed by atoms with Crippen LogP contribution in [0.4, 0.5) is 0 Å². The summed E-state index contributed by atoms with van der Waals surface area (Å²) in [6.45, 7) is 0. The molecule has 0 bridgehead atoms. The standard InChI is InChI=1S/C19H12N/c1-2-7-16-13-17(10-9-14(16)5-1)19-12-11-15-6-3-4-8-18(15)20-19/h1-11,13H. The Morgan fingerprint density at radius 2 is 1.45 bits per heavy atom. The summed E-state index contributed by atoms with van der Waals surface area (Å²) in [5, 5.41) is 3.60. The molecule has 0 amide bonds. The molecule has 0 unspecified atom stereocenters. The average molecular weight is 254 g/mol. The van der Waals surface area contributed by atoms with Gasteiger partial charge in [-0.3, -0.25) is 0 Å². The van der Waals surface area contributed by atoms with Crippen molar-refractivity contribution in [2.45, 2.75) is 0 Å². The Labute approximate surface area is 117 Å². The largest absolute Gasteiger partial charge is 0.247 e. The molecule has 0 fully saturated rings. The minimum absolute atomic E-state index is 0.898. The van der Waals surface area contributed by atoms with Crippen molar-refractivity contribution in [3.05, 3.63) is 78.9 Å². The van der Waals surface area contributed by atoms with Crippen LogP contribution in [-0.2, 0) is 0 Å². The van der Waals surface area contributed by atoms with E-state index in [1.54, 1.807) is 0 Å². The van der Waals surface area contributed by atoms with Crippen LogP contribution in [-0.4, -0.2) is 4.98 Å². The molecule has 0 aliphatic carbocycles. The number of pyridine rings is 1. The van der Waals surface area contributed by atoms with E-state index in [2.05, 4.69) is 54.6 Å². The lowest BCUT2D eigenvalue weighted by Crippen LogP contribution is -1.85. The zero-order valence-corrected chi connectivity index (χ0v) is 10.9. The van der Waals surface area contributed by atoms with Crippen LogP contribution in [0, 0.1) is 6.07 Å². The summed E-state index contributed by atoms with van der Waals surface area (Å²) in [5.41, 5.74) is 3.01. The van der Waals surface area contributed by atoms with Gasteiger partial charge in [0.25, 0.3) is 0 Å². The van der Waals surface area contributed by atoms with Crippen molar-refractivity contribution in [3.63, 3.8) is 0 Å². The second-order valence-electron chi connectivity index (χ2n) is 4.87. The molecule has 0 aliphatic rings. The molecule has 4 rings (SSSR count). The fourth-order valence-corrected chi connectivity index (χ4v) is 2.49. The zero-order chi connectivity index (χ0) is 13.4. The van der Waals surface area contributed by atoms with E-state index in [4.69, 9.17) is 4.98 Å². The third-order valence-corrected chi connectivity index (χ3v) is 3.56. The Morgan fingerprint density at radius 3 is 2.35 bits per heavy atom.